The lowest BCUT2D eigenvalue weighted by Gasteiger charge is -2.41. The first-order valence-corrected chi connectivity index (χ1v) is 10.4. The van der Waals surface area contributed by atoms with Gasteiger partial charge in [-0.3, -0.25) is 14.5 Å². The summed E-state index contributed by atoms with van der Waals surface area (Å²) in [6, 6.07) is 7.01. The summed E-state index contributed by atoms with van der Waals surface area (Å²) in [5, 5.41) is 0.0650. The van der Waals surface area contributed by atoms with Gasteiger partial charge in [-0.2, -0.15) is 0 Å². The number of carbonyl (C=O) groups is 1. The molecule has 4 rings (SSSR count). The number of pyridine rings is 1. The molecule has 12 heteroatoms. The van der Waals surface area contributed by atoms with E-state index in [2.05, 4.69) is 9.72 Å². The van der Waals surface area contributed by atoms with Crippen LogP contribution in [0.1, 0.15) is 22.5 Å². The van der Waals surface area contributed by atoms with Gasteiger partial charge in [0, 0.05) is 24.7 Å². The van der Waals surface area contributed by atoms with E-state index in [1.54, 1.807) is 4.90 Å². The predicted octanol–water partition coefficient (Wildman–Crippen LogP) is 3.90. The lowest BCUT2D eigenvalue weighted by Crippen LogP contribution is -2.54. The van der Waals surface area contributed by atoms with Crippen molar-refractivity contribution in [2.45, 2.75) is 24.5 Å². The van der Waals surface area contributed by atoms with Gasteiger partial charge in [-0.25, -0.2) is 4.39 Å². The number of likely N-dealkylation sites (tertiary alicyclic amines) is 1. The summed E-state index contributed by atoms with van der Waals surface area (Å²) in [6.07, 6.45) is -3.59. The summed E-state index contributed by atoms with van der Waals surface area (Å²) in [7, 11) is 0. The number of ether oxygens (including phenoxy) is 4. The van der Waals surface area contributed by atoms with Gasteiger partial charge in [-0.15, -0.1) is 13.2 Å². The quantitative estimate of drug-likeness (QED) is 0.452. The van der Waals surface area contributed by atoms with Crippen molar-refractivity contribution < 1.29 is 41.3 Å². The molecule has 2 aliphatic heterocycles. The molecule has 0 N–H and O–H groups in total. The zero-order valence-electron chi connectivity index (χ0n) is 17.1. The molecule has 0 bridgehead atoms. The van der Waals surface area contributed by atoms with Crippen LogP contribution in [0.5, 0.6) is 5.75 Å². The van der Waals surface area contributed by atoms with Crippen molar-refractivity contribution in [3.8, 4) is 5.75 Å². The topological polar surface area (TPSA) is 70.1 Å². The Morgan fingerprint density at radius 1 is 1.30 bits per heavy atom. The number of hydrogen-bond acceptors (Lipinski definition) is 6. The Morgan fingerprint density at radius 3 is 2.85 bits per heavy atom. The minimum absolute atomic E-state index is 0.0430. The number of benzene rings is 1. The maximum absolute atomic E-state index is 14.4. The summed E-state index contributed by atoms with van der Waals surface area (Å²) in [5.41, 5.74) is -0.663. The van der Waals surface area contributed by atoms with Crippen LogP contribution in [0.15, 0.2) is 36.5 Å². The van der Waals surface area contributed by atoms with E-state index in [4.69, 9.17) is 25.8 Å². The normalized spacial score (nSPS) is 22.8. The van der Waals surface area contributed by atoms with Crippen molar-refractivity contribution in [2.75, 3.05) is 33.1 Å². The van der Waals surface area contributed by atoms with Crippen LogP contribution in [0.25, 0.3) is 0 Å². The van der Waals surface area contributed by atoms with Crippen molar-refractivity contribution in [1.29, 1.82) is 0 Å². The Bertz CT molecular complexity index is 1020. The van der Waals surface area contributed by atoms with E-state index in [0.717, 1.165) is 0 Å². The fourth-order valence-electron chi connectivity index (χ4n) is 3.94. The van der Waals surface area contributed by atoms with Crippen LogP contribution in [0.3, 0.4) is 0 Å². The van der Waals surface area contributed by atoms with E-state index < -0.39 is 30.5 Å². The summed E-state index contributed by atoms with van der Waals surface area (Å²) in [6.45, 7) is -0.697. The molecule has 1 amide bonds. The lowest BCUT2D eigenvalue weighted by atomic mass is 9.84. The number of piperidine rings is 1. The van der Waals surface area contributed by atoms with E-state index in [1.807, 2.05) is 0 Å². The minimum Gasteiger partial charge on any atom is -0.490 e. The highest BCUT2D eigenvalue weighted by Crippen LogP contribution is 2.42. The van der Waals surface area contributed by atoms with Gasteiger partial charge < -0.3 is 19.1 Å². The molecule has 1 aromatic heterocycles. The fraction of sp³-hybridized carbons (Fsp3) is 0.429. The summed E-state index contributed by atoms with van der Waals surface area (Å²) in [5.74, 6) is -0.722. The number of fused-ring (bicyclic) bond motifs is 1. The third kappa shape index (κ3) is 5.06. The standard InChI is InChI=1S/C21H19ClF4N2O5/c22-14-10-13(3-4-16(14)30-8-9-32-21(24,25)26)19(29)28-7-5-20(17(11-28)31-12-33-20)18-15(23)2-1-6-27-18/h1-4,6,10,17H,5,7-9,11-12H2/t17?,20-/m0/s1. The van der Waals surface area contributed by atoms with Gasteiger partial charge in [-0.05, 0) is 30.3 Å². The first kappa shape index (κ1) is 23.7. The van der Waals surface area contributed by atoms with E-state index in [9.17, 15) is 22.4 Å². The van der Waals surface area contributed by atoms with Crippen molar-refractivity contribution in [2.24, 2.45) is 0 Å². The lowest BCUT2D eigenvalue weighted by molar-refractivity contribution is -0.325. The molecule has 0 aliphatic carbocycles. The van der Waals surface area contributed by atoms with Crippen molar-refractivity contribution in [3.05, 3.63) is 58.6 Å². The van der Waals surface area contributed by atoms with Gasteiger partial charge in [0.1, 0.15) is 42.4 Å². The van der Waals surface area contributed by atoms with Gasteiger partial charge in [0.05, 0.1) is 18.2 Å². The van der Waals surface area contributed by atoms with Gasteiger partial charge in [0.15, 0.2) is 0 Å². The molecular weight excluding hydrogens is 472 g/mol. The Labute approximate surface area is 191 Å². The second-order valence-corrected chi connectivity index (χ2v) is 7.84. The molecule has 3 heterocycles. The second-order valence-electron chi connectivity index (χ2n) is 7.43. The van der Waals surface area contributed by atoms with Gasteiger partial charge in [0.25, 0.3) is 5.91 Å². The van der Waals surface area contributed by atoms with Gasteiger partial charge in [0.2, 0.25) is 0 Å². The molecule has 178 valence electrons. The van der Waals surface area contributed by atoms with Crippen LogP contribution in [-0.4, -0.2) is 61.4 Å². The summed E-state index contributed by atoms with van der Waals surface area (Å²) < 4.78 is 70.7. The molecule has 2 saturated heterocycles. The number of carbonyl (C=O) groups excluding carboxylic acids is 1. The molecule has 0 spiro atoms. The van der Waals surface area contributed by atoms with Gasteiger partial charge >= 0.3 is 6.36 Å². The van der Waals surface area contributed by atoms with E-state index in [1.165, 1.54) is 36.5 Å². The number of hydrogen-bond donors (Lipinski definition) is 0. The average molecular weight is 491 g/mol. The van der Waals surface area contributed by atoms with Crippen molar-refractivity contribution in [1.82, 2.24) is 9.88 Å². The fourth-order valence-corrected chi connectivity index (χ4v) is 4.17. The third-order valence-corrected chi connectivity index (χ3v) is 5.77. The molecule has 2 fully saturated rings. The molecular formula is C21H19ClF4N2O5. The maximum Gasteiger partial charge on any atom is 0.522 e. The highest BCUT2D eigenvalue weighted by molar-refractivity contribution is 6.32. The zero-order valence-corrected chi connectivity index (χ0v) is 17.9. The van der Waals surface area contributed by atoms with E-state index >= 15 is 0 Å². The number of rotatable bonds is 6. The molecule has 7 nitrogen and oxygen atoms in total. The number of aromatic nitrogens is 1. The molecule has 33 heavy (non-hydrogen) atoms. The monoisotopic (exact) mass is 490 g/mol. The molecule has 2 aliphatic rings. The first-order chi connectivity index (χ1) is 15.7. The highest BCUT2D eigenvalue weighted by Gasteiger charge is 2.53. The predicted molar refractivity (Wildman–Crippen MR) is 106 cm³/mol. The van der Waals surface area contributed by atoms with E-state index in [0.29, 0.717) is 0 Å². The Hall–Kier alpha value is -2.47. The molecule has 2 atom stereocenters. The van der Waals surface area contributed by atoms with Crippen molar-refractivity contribution in [3.63, 3.8) is 0 Å². The molecule has 1 aromatic carbocycles. The largest absolute Gasteiger partial charge is 0.522 e. The Morgan fingerprint density at radius 2 is 2.12 bits per heavy atom. The zero-order chi connectivity index (χ0) is 23.6. The molecule has 0 saturated carbocycles. The number of alkyl halides is 3. The number of halogens is 5. The van der Waals surface area contributed by atoms with Crippen molar-refractivity contribution >= 4 is 17.5 Å². The Kier molecular flexibility index (Phi) is 6.76. The van der Waals surface area contributed by atoms with Crippen LogP contribution in [-0.2, 0) is 19.8 Å². The van der Waals surface area contributed by atoms with Crippen LogP contribution in [0.4, 0.5) is 17.6 Å². The molecule has 2 aromatic rings. The van der Waals surface area contributed by atoms with Crippen LogP contribution in [0.2, 0.25) is 5.02 Å². The van der Waals surface area contributed by atoms with Gasteiger partial charge in [-0.1, -0.05) is 11.6 Å². The summed E-state index contributed by atoms with van der Waals surface area (Å²) in [4.78, 5) is 18.7. The Balaban J connectivity index is 1.41. The van der Waals surface area contributed by atoms with E-state index in [-0.39, 0.29) is 60.8 Å². The maximum atomic E-state index is 14.4. The SMILES string of the molecule is O=C(c1ccc(OCCOC(F)(F)F)c(Cl)c1)N1CC[C@]2(c3ncccc3F)OCOC2C1. The summed E-state index contributed by atoms with van der Waals surface area (Å²) >= 11 is 6.14. The average Bonchev–Trinajstić information content (AvgIpc) is 3.20. The number of nitrogens with zero attached hydrogens (tertiary/aromatic N) is 2. The van der Waals surface area contributed by atoms with Crippen LogP contribution in [0, 0.1) is 5.82 Å². The minimum atomic E-state index is -4.74. The number of amides is 1. The third-order valence-electron chi connectivity index (χ3n) is 5.48. The molecule has 1 unspecified atom stereocenters. The van der Waals surface area contributed by atoms with Crippen LogP contribution >= 0.6 is 11.6 Å². The van der Waals surface area contributed by atoms with Crippen LogP contribution < -0.4 is 4.74 Å². The smallest absolute Gasteiger partial charge is 0.490 e. The first-order valence-electron chi connectivity index (χ1n) is 9.98. The second kappa shape index (κ2) is 9.41. The molecule has 0 radical (unpaired) electrons. The highest BCUT2D eigenvalue weighted by atomic mass is 35.5.